The Morgan fingerprint density at radius 2 is 1.78 bits per heavy atom. The summed E-state index contributed by atoms with van der Waals surface area (Å²) in [5.41, 5.74) is 4.95. The van der Waals surface area contributed by atoms with Crippen molar-refractivity contribution in [3.8, 4) is 11.1 Å². The van der Waals surface area contributed by atoms with Crippen molar-refractivity contribution in [2.45, 2.75) is 26.8 Å². The molecule has 5 rings (SSSR count). The van der Waals surface area contributed by atoms with Crippen molar-refractivity contribution in [1.29, 1.82) is 0 Å². The number of rotatable bonds is 6. The van der Waals surface area contributed by atoms with Crippen molar-refractivity contribution in [2.75, 3.05) is 5.32 Å². The highest BCUT2D eigenvalue weighted by atomic mass is 35.5. The average Bonchev–Trinajstić information content (AvgIpc) is 3.43. The van der Waals surface area contributed by atoms with Gasteiger partial charge in [0.25, 0.3) is 5.91 Å². The maximum absolute atomic E-state index is 13.3. The number of carbonyl (C=O) groups is 2. The summed E-state index contributed by atoms with van der Waals surface area (Å²) in [5.74, 6) is -0.198. The zero-order valence-corrected chi connectivity index (χ0v) is 21.7. The van der Waals surface area contributed by atoms with E-state index in [-0.39, 0.29) is 29.7 Å². The van der Waals surface area contributed by atoms with Crippen LogP contribution in [-0.2, 0) is 11.8 Å². The van der Waals surface area contributed by atoms with Crippen molar-refractivity contribution in [1.82, 2.24) is 24.5 Å². The molecular formula is C28H27ClN6O2. The van der Waals surface area contributed by atoms with E-state index in [9.17, 15) is 9.59 Å². The Kier molecular flexibility index (Phi) is 6.43. The number of hydrogen-bond donors (Lipinski definition) is 2. The number of anilines is 1. The predicted molar refractivity (Wildman–Crippen MR) is 146 cm³/mol. The number of nitrogens with one attached hydrogen (secondary N) is 2. The molecule has 0 saturated heterocycles. The van der Waals surface area contributed by atoms with Crippen LogP contribution in [0.25, 0.3) is 27.7 Å². The minimum absolute atomic E-state index is 0.138. The summed E-state index contributed by atoms with van der Waals surface area (Å²) in [7, 11) is 1.93. The van der Waals surface area contributed by atoms with E-state index in [1.807, 2.05) is 93.2 Å². The summed E-state index contributed by atoms with van der Waals surface area (Å²) >= 11 is 6.13. The molecule has 9 heteroatoms. The Labute approximate surface area is 219 Å². The molecule has 0 radical (unpaired) electrons. The lowest BCUT2D eigenvalue weighted by Crippen LogP contribution is -2.26. The van der Waals surface area contributed by atoms with E-state index < -0.39 is 0 Å². The summed E-state index contributed by atoms with van der Waals surface area (Å²) in [4.78, 5) is 29.7. The SMILES string of the molecule is CC(C)C(=O)Nc1nc2cc(-c3ccc4c(c3)c(C(=O)N[C@H](C)c3cccc(Cl)c3)cn4C)ccn2n1. The van der Waals surface area contributed by atoms with E-state index in [4.69, 9.17) is 11.6 Å². The highest BCUT2D eigenvalue weighted by Gasteiger charge is 2.18. The lowest BCUT2D eigenvalue weighted by Gasteiger charge is -2.14. The smallest absolute Gasteiger partial charge is 0.253 e. The van der Waals surface area contributed by atoms with Crippen LogP contribution in [0.3, 0.4) is 0 Å². The third-order valence-corrected chi connectivity index (χ3v) is 6.60. The topological polar surface area (TPSA) is 93.3 Å². The largest absolute Gasteiger partial charge is 0.350 e. The number of hydrogen-bond acceptors (Lipinski definition) is 4. The van der Waals surface area contributed by atoms with Crippen LogP contribution < -0.4 is 10.6 Å². The standard InChI is InChI=1S/C28H27ClN6O2/c1-16(2)26(36)32-28-31-25-14-20(10-11-35(25)33-28)19-8-9-24-22(13-19)23(15-34(24)4)27(37)30-17(3)18-6-5-7-21(29)12-18/h5-17H,1-4H3,(H,30,37)(H,32,33,36)/t17-/m1/s1. The molecule has 0 aliphatic heterocycles. The molecule has 0 aliphatic carbocycles. The van der Waals surface area contributed by atoms with Crippen molar-refractivity contribution in [2.24, 2.45) is 13.0 Å². The van der Waals surface area contributed by atoms with Crippen LogP contribution in [0, 0.1) is 5.92 Å². The molecule has 0 bridgehead atoms. The summed E-state index contributed by atoms with van der Waals surface area (Å²) in [6, 6.07) is 17.1. The number of aryl methyl sites for hydroxylation is 1. The monoisotopic (exact) mass is 514 g/mol. The second-order valence-corrected chi connectivity index (χ2v) is 9.87. The van der Waals surface area contributed by atoms with Gasteiger partial charge in [-0.15, -0.1) is 5.10 Å². The number of pyridine rings is 1. The van der Waals surface area contributed by atoms with E-state index in [0.29, 0.717) is 16.2 Å². The molecule has 3 aromatic heterocycles. The molecule has 1 atom stereocenters. The highest BCUT2D eigenvalue weighted by Crippen LogP contribution is 2.29. The van der Waals surface area contributed by atoms with Gasteiger partial charge in [0.15, 0.2) is 5.65 Å². The molecule has 0 saturated carbocycles. The zero-order chi connectivity index (χ0) is 26.3. The first kappa shape index (κ1) is 24.5. The number of carbonyl (C=O) groups excluding carboxylic acids is 2. The molecule has 0 aliphatic rings. The molecule has 8 nitrogen and oxygen atoms in total. The van der Waals surface area contributed by atoms with Gasteiger partial charge < -0.3 is 9.88 Å². The Hall–Kier alpha value is -4.17. The molecule has 37 heavy (non-hydrogen) atoms. The van der Waals surface area contributed by atoms with E-state index in [0.717, 1.165) is 27.6 Å². The first-order chi connectivity index (χ1) is 17.7. The van der Waals surface area contributed by atoms with Crippen LogP contribution in [0.2, 0.25) is 5.02 Å². The lowest BCUT2D eigenvalue weighted by molar-refractivity contribution is -0.118. The fourth-order valence-electron chi connectivity index (χ4n) is 4.25. The maximum atomic E-state index is 13.3. The van der Waals surface area contributed by atoms with Crippen molar-refractivity contribution in [3.05, 3.63) is 83.1 Å². The van der Waals surface area contributed by atoms with Gasteiger partial charge in [0, 0.05) is 41.3 Å². The van der Waals surface area contributed by atoms with Crippen LogP contribution in [-0.4, -0.2) is 31.0 Å². The molecule has 2 amide bonds. The van der Waals surface area contributed by atoms with E-state index in [1.54, 1.807) is 10.7 Å². The first-order valence-corrected chi connectivity index (χ1v) is 12.4. The van der Waals surface area contributed by atoms with Gasteiger partial charge in [-0.05, 0) is 60.0 Å². The van der Waals surface area contributed by atoms with E-state index >= 15 is 0 Å². The molecule has 2 aromatic carbocycles. The third-order valence-electron chi connectivity index (χ3n) is 6.36. The Bertz CT molecular complexity index is 1650. The summed E-state index contributed by atoms with van der Waals surface area (Å²) in [5, 5.41) is 11.6. The molecule has 188 valence electrons. The lowest BCUT2D eigenvalue weighted by atomic mass is 10.0. The van der Waals surface area contributed by atoms with Gasteiger partial charge in [-0.3, -0.25) is 14.9 Å². The molecule has 2 N–H and O–H groups in total. The minimum Gasteiger partial charge on any atom is -0.350 e. The van der Waals surface area contributed by atoms with Gasteiger partial charge in [-0.2, -0.15) is 4.98 Å². The maximum Gasteiger partial charge on any atom is 0.253 e. The molecule has 0 unspecified atom stereocenters. The van der Waals surface area contributed by atoms with Crippen molar-refractivity contribution in [3.63, 3.8) is 0 Å². The Morgan fingerprint density at radius 3 is 2.54 bits per heavy atom. The Balaban J connectivity index is 1.45. The molecule has 5 aromatic rings. The number of amides is 2. The highest BCUT2D eigenvalue weighted by molar-refractivity contribution is 6.30. The fraction of sp³-hybridized carbons (Fsp3) is 0.214. The normalized spacial score (nSPS) is 12.3. The second-order valence-electron chi connectivity index (χ2n) is 9.43. The summed E-state index contributed by atoms with van der Waals surface area (Å²) < 4.78 is 3.57. The zero-order valence-electron chi connectivity index (χ0n) is 21.0. The van der Waals surface area contributed by atoms with Gasteiger partial charge in [0.05, 0.1) is 11.6 Å². The molecular weight excluding hydrogens is 488 g/mol. The van der Waals surface area contributed by atoms with Crippen LogP contribution in [0.15, 0.2) is 67.0 Å². The van der Waals surface area contributed by atoms with Gasteiger partial charge >= 0.3 is 0 Å². The minimum atomic E-state index is -0.203. The Morgan fingerprint density at radius 1 is 1.00 bits per heavy atom. The van der Waals surface area contributed by atoms with Gasteiger partial charge in [-0.1, -0.05) is 43.6 Å². The van der Waals surface area contributed by atoms with E-state index in [2.05, 4.69) is 20.7 Å². The number of halogens is 1. The molecule has 0 spiro atoms. The average molecular weight is 515 g/mol. The van der Waals surface area contributed by atoms with Gasteiger partial charge in [0.2, 0.25) is 11.9 Å². The van der Waals surface area contributed by atoms with Gasteiger partial charge in [0.1, 0.15) is 0 Å². The second kappa shape index (κ2) is 9.71. The number of benzene rings is 2. The fourth-order valence-corrected chi connectivity index (χ4v) is 4.45. The van der Waals surface area contributed by atoms with Crippen molar-refractivity contribution < 1.29 is 9.59 Å². The van der Waals surface area contributed by atoms with Crippen LogP contribution in [0.5, 0.6) is 0 Å². The summed E-state index contributed by atoms with van der Waals surface area (Å²) in [6.45, 7) is 5.57. The van der Waals surface area contributed by atoms with E-state index in [1.165, 1.54) is 0 Å². The quantitative estimate of drug-likeness (QED) is 0.307. The number of nitrogens with zero attached hydrogens (tertiary/aromatic N) is 4. The van der Waals surface area contributed by atoms with Gasteiger partial charge in [-0.25, -0.2) is 4.52 Å². The number of aromatic nitrogens is 4. The van der Waals surface area contributed by atoms with Crippen LogP contribution in [0.1, 0.15) is 42.7 Å². The molecule has 3 heterocycles. The number of fused-ring (bicyclic) bond motifs is 2. The van der Waals surface area contributed by atoms with Crippen LogP contribution >= 0.6 is 11.6 Å². The third kappa shape index (κ3) is 4.93. The summed E-state index contributed by atoms with van der Waals surface area (Å²) in [6.07, 6.45) is 3.65. The molecule has 0 fully saturated rings. The predicted octanol–water partition coefficient (Wildman–Crippen LogP) is 5.63. The van der Waals surface area contributed by atoms with Crippen LogP contribution in [0.4, 0.5) is 5.95 Å². The first-order valence-electron chi connectivity index (χ1n) is 12.0. The van der Waals surface area contributed by atoms with Crippen molar-refractivity contribution >= 4 is 45.9 Å².